The van der Waals surface area contributed by atoms with Crippen molar-refractivity contribution >= 4 is 27.3 Å². The Balaban J connectivity index is 1.57. The standard InChI is InChI=1S/C19H24N2O4S2/c1-14-6-7-15(2)19(16(14)3)25-13-17(22)20-8-10-21(11-9-20)27(23,24)18-5-4-12-26-18/h4-7,12H,8-11,13H2,1-3H3. The summed E-state index contributed by atoms with van der Waals surface area (Å²) >= 11 is 1.21. The Bertz CT molecular complexity index is 915. The summed E-state index contributed by atoms with van der Waals surface area (Å²) in [6.07, 6.45) is 0. The summed E-state index contributed by atoms with van der Waals surface area (Å²) < 4.78 is 32.7. The number of nitrogens with zero attached hydrogens (tertiary/aromatic N) is 2. The molecule has 6 nitrogen and oxygen atoms in total. The van der Waals surface area contributed by atoms with Crippen molar-refractivity contribution < 1.29 is 17.9 Å². The molecule has 0 atom stereocenters. The molecule has 1 aliphatic rings. The number of piperazine rings is 1. The molecule has 0 radical (unpaired) electrons. The van der Waals surface area contributed by atoms with E-state index in [1.165, 1.54) is 15.6 Å². The van der Waals surface area contributed by atoms with Crippen molar-refractivity contribution in [3.05, 3.63) is 46.3 Å². The average molecular weight is 409 g/mol. The van der Waals surface area contributed by atoms with Crippen LogP contribution in [-0.4, -0.2) is 56.3 Å². The van der Waals surface area contributed by atoms with Gasteiger partial charge in [-0.05, 0) is 48.9 Å². The van der Waals surface area contributed by atoms with Crippen LogP contribution < -0.4 is 4.74 Å². The molecule has 2 aromatic rings. The van der Waals surface area contributed by atoms with Gasteiger partial charge in [0.25, 0.3) is 15.9 Å². The number of benzene rings is 1. The molecule has 1 aromatic heterocycles. The lowest BCUT2D eigenvalue weighted by molar-refractivity contribution is -0.134. The summed E-state index contributed by atoms with van der Waals surface area (Å²) in [5.41, 5.74) is 3.16. The van der Waals surface area contributed by atoms with Gasteiger partial charge in [-0.2, -0.15) is 4.31 Å². The van der Waals surface area contributed by atoms with E-state index in [0.29, 0.717) is 30.4 Å². The van der Waals surface area contributed by atoms with Gasteiger partial charge >= 0.3 is 0 Å². The highest BCUT2D eigenvalue weighted by Crippen LogP contribution is 2.26. The number of hydrogen-bond acceptors (Lipinski definition) is 5. The third-order valence-corrected chi connectivity index (χ3v) is 8.17. The molecule has 1 fully saturated rings. The van der Waals surface area contributed by atoms with E-state index in [9.17, 15) is 13.2 Å². The molecular weight excluding hydrogens is 384 g/mol. The zero-order valence-corrected chi connectivity index (χ0v) is 17.4. The Morgan fingerprint density at radius 1 is 1.07 bits per heavy atom. The molecule has 27 heavy (non-hydrogen) atoms. The molecule has 146 valence electrons. The summed E-state index contributed by atoms with van der Waals surface area (Å²) in [7, 11) is -3.46. The van der Waals surface area contributed by atoms with Gasteiger partial charge in [0.05, 0.1) is 0 Å². The number of hydrogen-bond donors (Lipinski definition) is 0. The molecule has 1 aromatic carbocycles. The second-order valence-electron chi connectivity index (χ2n) is 6.66. The zero-order valence-electron chi connectivity index (χ0n) is 15.8. The molecule has 0 bridgehead atoms. The number of carbonyl (C=O) groups is 1. The maximum Gasteiger partial charge on any atom is 0.260 e. The van der Waals surface area contributed by atoms with Gasteiger partial charge in [-0.3, -0.25) is 4.79 Å². The van der Waals surface area contributed by atoms with Crippen LogP contribution in [-0.2, 0) is 14.8 Å². The van der Waals surface area contributed by atoms with Gasteiger partial charge in [-0.15, -0.1) is 11.3 Å². The number of aryl methyl sites for hydroxylation is 2. The first-order chi connectivity index (χ1) is 12.8. The highest BCUT2D eigenvalue weighted by atomic mass is 32.2. The third kappa shape index (κ3) is 4.17. The van der Waals surface area contributed by atoms with Crippen LogP contribution in [0.4, 0.5) is 0 Å². The summed E-state index contributed by atoms with van der Waals surface area (Å²) in [6.45, 7) is 7.26. The lowest BCUT2D eigenvalue weighted by atomic mass is 10.1. The summed E-state index contributed by atoms with van der Waals surface area (Å²) in [5.74, 6) is 0.630. The van der Waals surface area contributed by atoms with Gasteiger partial charge in [0.2, 0.25) is 0 Å². The maximum absolute atomic E-state index is 12.6. The van der Waals surface area contributed by atoms with Crippen molar-refractivity contribution in [2.24, 2.45) is 0 Å². The van der Waals surface area contributed by atoms with E-state index in [2.05, 4.69) is 0 Å². The van der Waals surface area contributed by atoms with Gasteiger partial charge in [0.15, 0.2) is 6.61 Å². The maximum atomic E-state index is 12.6. The Kier molecular flexibility index (Phi) is 5.88. The molecule has 0 saturated carbocycles. The third-order valence-electron chi connectivity index (χ3n) is 4.89. The number of ether oxygens (including phenoxy) is 1. The van der Waals surface area contributed by atoms with Crippen LogP contribution in [0.25, 0.3) is 0 Å². The fourth-order valence-corrected chi connectivity index (χ4v) is 5.65. The molecule has 0 unspecified atom stereocenters. The lowest BCUT2D eigenvalue weighted by Crippen LogP contribution is -2.51. The molecule has 1 amide bonds. The molecule has 2 heterocycles. The van der Waals surface area contributed by atoms with Crippen molar-refractivity contribution in [3.63, 3.8) is 0 Å². The second-order valence-corrected chi connectivity index (χ2v) is 9.77. The molecule has 1 saturated heterocycles. The Morgan fingerprint density at radius 2 is 1.74 bits per heavy atom. The first kappa shape index (κ1) is 19.9. The van der Waals surface area contributed by atoms with Crippen LogP contribution in [0.3, 0.4) is 0 Å². The Labute approximate surface area is 164 Å². The van der Waals surface area contributed by atoms with Gasteiger partial charge in [0.1, 0.15) is 9.96 Å². The normalized spacial score (nSPS) is 15.7. The van der Waals surface area contributed by atoms with Gasteiger partial charge < -0.3 is 9.64 Å². The molecule has 1 aliphatic heterocycles. The van der Waals surface area contributed by atoms with E-state index < -0.39 is 10.0 Å². The smallest absolute Gasteiger partial charge is 0.260 e. The highest BCUT2D eigenvalue weighted by molar-refractivity contribution is 7.91. The van der Waals surface area contributed by atoms with Crippen LogP contribution in [0.15, 0.2) is 33.9 Å². The summed E-state index contributed by atoms with van der Waals surface area (Å²) in [6, 6.07) is 7.35. The van der Waals surface area contributed by atoms with Crippen molar-refractivity contribution in [2.75, 3.05) is 32.8 Å². The van der Waals surface area contributed by atoms with Gasteiger partial charge in [-0.1, -0.05) is 18.2 Å². The number of thiophene rings is 1. The molecule has 0 spiro atoms. The minimum atomic E-state index is -3.46. The molecule has 0 N–H and O–H groups in total. The van der Waals surface area contributed by atoms with Crippen LogP contribution >= 0.6 is 11.3 Å². The van der Waals surface area contributed by atoms with Crippen LogP contribution in [0.2, 0.25) is 0 Å². The highest BCUT2D eigenvalue weighted by Gasteiger charge is 2.30. The van der Waals surface area contributed by atoms with Crippen molar-refractivity contribution in [1.29, 1.82) is 0 Å². The summed E-state index contributed by atoms with van der Waals surface area (Å²) in [5, 5.41) is 1.75. The van der Waals surface area contributed by atoms with Crippen LogP contribution in [0.1, 0.15) is 16.7 Å². The van der Waals surface area contributed by atoms with E-state index in [1.807, 2.05) is 32.9 Å². The molecular formula is C19H24N2O4S2. The topological polar surface area (TPSA) is 66.9 Å². The summed E-state index contributed by atoms with van der Waals surface area (Å²) in [4.78, 5) is 14.2. The average Bonchev–Trinajstić information content (AvgIpc) is 3.20. The Morgan fingerprint density at radius 3 is 2.37 bits per heavy atom. The molecule has 3 rings (SSSR count). The fourth-order valence-electron chi connectivity index (χ4n) is 3.09. The molecule has 0 aliphatic carbocycles. The van der Waals surface area contributed by atoms with E-state index in [-0.39, 0.29) is 12.5 Å². The SMILES string of the molecule is Cc1ccc(C)c(OCC(=O)N2CCN(S(=O)(=O)c3cccs3)CC2)c1C. The van der Waals surface area contributed by atoms with E-state index in [4.69, 9.17) is 4.74 Å². The molecule has 8 heteroatoms. The predicted molar refractivity (Wildman–Crippen MR) is 106 cm³/mol. The van der Waals surface area contributed by atoms with Gasteiger partial charge in [-0.25, -0.2) is 8.42 Å². The first-order valence-electron chi connectivity index (χ1n) is 8.81. The van der Waals surface area contributed by atoms with E-state index >= 15 is 0 Å². The van der Waals surface area contributed by atoms with Crippen LogP contribution in [0, 0.1) is 20.8 Å². The number of rotatable bonds is 5. The quantitative estimate of drug-likeness (QED) is 0.763. The fraction of sp³-hybridized carbons (Fsp3) is 0.421. The second kappa shape index (κ2) is 8.00. The number of carbonyl (C=O) groups excluding carboxylic acids is 1. The first-order valence-corrected chi connectivity index (χ1v) is 11.1. The Hall–Kier alpha value is -1.90. The van der Waals surface area contributed by atoms with Crippen molar-refractivity contribution in [3.8, 4) is 5.75 Å². The van der Waals surface area contributed by atoms with E-state index in [0.717, 1.165) is 22.4 Å². The van der Waals surface area contributed by atoms with Gasteiger partial charge in [0, 0.05) is 26.2 Å². The van der Waals surface area contributed by atoms with Crippen LogP contribution in [0.5, 0.6) is 5.75 Å². The number of sulfonamides is 1. The largest absolute Gasteiger partial charge is 0.483 e. The monoisotopic (exact) mass is 408 g/mol. The number of amides is 1. The minimum Gasteiger partial charge on any atom is -0.483 e. The van der Waals surface area contributed by atoms with Crippen molar-refractivity contribution in [2.45, 2.75) is 25.0 Å². The minimum absolute atomic E-state index is 0.0389. The van der Waals surface area contributed by atoms with E-state index in [1.54, 1.807) is 22.4 Å². The van der Waals surface area contributed by atoms with Crippen molar-refractivity contribution in [1.82, 2.24) is 9.21 Å². The predicted octanol–water partition coefficient (Wildman–Crippen LogP) is 2.59. The zero-order chi connectivity index (χ0) is 19.6. The lowest BCUT2D eigenvalue weighted by Gasteiger charge is -2.33.